The molecule has 0 aliphatic heterocycles. The SMILES string of the molecule is COc1ccc(N(C)c2cc(=O)oc3ccccc23)cc1NC(=O)C(CCC(=O)O)NC(=O)OC(C)(C)C. The fraction of sp³-hybridized carbons (Fsp3) is 0.333. The minimum absolute atomic E-state index is 0.159. The number of carboxylic acids is 1. The highest BCUT2D eigenvalue weighted by Gasteiger charge is 2.26. The first-order valence-electron chi connectivity index (χ1n) is 11.8. The van der Waals surface area contributed by atoms with E-state index in [2.05, 4.69) is 10.6 Å². The predicted molar refractivity (Wildman–Crippen MR) is 142 cm³/mol. The number of amides is 2. The number of methoxy groups -OCH3 is 1. The van der Waals surface area contributed by atoms with Gasteiger partial charge in [-0.2, -0.15) is 0 Å². The van der Waals surface area contributed by atoms with Crippen molar-refractivity contribution in [1.29, 1.82) is 0 Å². The summed E-state index contributed by atoms with van der Waals surface area (Å²) in [4.78, 5) is 50.5. The molecule has 1 atom stereocenters. The van der Waals surface area contributed by atoms with Gasteiger partial charge in [0.2, 0.25) is 5.91 Å². The lowest BCUT2D eigenvalue weighted by Crippen LogP contribution is -2.46. The molecule has 0 aliphatic carbocycles. The molecule has 2 amide bonds. The van der Waals surface area contributed by atoms with Gasteiger partial charge in [0.15, 0.2) is 0 Å². The molecular formula is C27H31N3O8. The molecule has 2 aromatic carbocycles. The van der Waals surface area contributed by atoms with E-state index >= 15 is 0 Å². The zero-order valence-electron chi connectivity index (χ0n) is 21.9. The highest BCUT2D eigenvalue weighted by atomic mass is 16.6. The molecule has 0 radical (unpaired) electrons. The number of anilines is 3. The van der Waals surface area contributed by atoms with E-state index in [0.717, 1.165) is 0 Å². The predicted octanol–water partition coefficient (Wildman–Crippen LogP) is 4.27. The van der Waals surface area contributed by atoms with Crippen LogP contribution in [-0.2, 0) is 14.3 Å². The van der Waals surface area contributed by atoms with Crippen LogP contribution in [-0.4, -0.2) is 48.9 Å². The second-order valence-corrected chi connectivity index (χ2v) is 9.51. The van der Waals surface area contributed by atoms with Crippen LogP contribution < -0.4 is 25.9 Å². The average molecular weight is 526 g/mol. The van der Waals surface area contributed by atoms with E-state index in [1.807, 2.05) is 12.1 Å². The Labute approximate surface area is 219 Å². The van der Waals surface area contributed by atoms with E-state index in [-0.39, 0.29) is 18.5 Å². The molecule has 1 heterocycles. The van der Waals surface area contributed by atoms with Crippen molar-refractivity contribution in [2.45, 2.75) is 45.3 Å². The molecule has 0 fully saturated rings. The van der Waals surface area contributed by atoms with E-state index in [9.17, 15) is 19.2 Å². The van der Waals surface area contributed by atoms with Gasteiger partial charge >= 0.3 is 17.7 Å². The average Bonchev–Trinajstić information content (AvgIpc) is 2.84. The number of carbonyl (C=O) groups is 3. The largest absolute Gasteiger partial charge is 0.495 e. The number of ether oxygens (including phenoxy) is 2. The lowest BCUT2D eigenvalue weighted by molar-refractivity contribution is -0.137. The minimum atomic E-state index is -1.19. The number of rotatable bonds is 9. The zero-order valence-corrected chi connectivity index (χ0v) is 21.9. The van der Waals surface area contributed by atoms with Crippen LogP contribution in [0, 0.1) is 0 Å². The lowest BCUT2D eigenvalue weighted by atomic mass is 10.1. The van der Waals surface area contributed by atoms with Crippen LogP contribution in [0.5, 0.6) is 5.75 Å². The lowest BCUT2D eigenvalue weighted by Gasteiger charge is -2.24. The summed E-state index contributed by atoms with van der Waals surface area (Å²) in [5.74, 6) is -1.43. The van der Waals surface area contributed by atoms with Crippen LogP contribution in [0.4, 0.5) is 21.9 Å². The monoisotopic (exact) mass is 525 g/mol. The summed E-state index contributed by atoms with van der Waals surface area (Å²) in [7, 11) is 3.19. The van der Waals surface area contributed by atoms with Crippen molar-refractivity contribution in [2.75, 3.05) is 24.4 Å². The molecular weight excluding hydrogens is 494 g/mol. The van der Waals surface area contributed by atoms with E-state index in [1.165, 1.54) is 13.2 Å². The Balaban J connectivity index is 1.91. The first-order valence-corrected chi connectivity index (χ1v) is 11.8. The molecule has 0 saturated heterocycles. The Morgan fingerprint density at radius 2 is 1.82 bits per heavy atom. The summed E-state index contributed by atoms with van der Waals surface area (Å²) in [6.07, 6.45) is -1.36. The number of nitrogens with one attached hydrogen (secondary N) is 2. The molecule has 3 aromatic rings. The standard InChI is InChI=1S/C27H31N3O8/c1-27(2,3)38-26(35)29-18(11-13-23(31)32)25(34)28-19-14-16(10-12-22(19)36-5)30(4)20-15-24(33)37-21-9-7-6-8-17(20)21/h6-10,12,14-15,18H,11,13H2,1-5H3,(H,28,34)(H,29,35)(H,31,32). The molecule has 0 spiro atoms. The van der Waals surface area contributed by atoms with Crippen LogP contribution in [0.1, 0.15) is 33.6 Å². The number of carbonyl (C=O) groups excluding carboxylic acids is 2. The third kappa shape index (κ3) is 7.25. The van der Waals surface area contributed by atoms with Crippen LogP contribution in [0.25, 0.3) is 11.0 Å². The van der Waals surface area contributed by atoms with Crippen molar-refractivity contribution in [2.24, 2.45) is 0 Å². The Kier molecular flexibility index (Phi) is 8.61. The van der Waals surface area contributed by atoms with E-state index in [4.69, 9.17) is 19.0 Å². The van der Waals surface area contributed by atoms with Gasteiger partial charge < -0.3 is 34.5 Å². The fourth-order valence-electron chi connectivity index (χ4n) is 3.72. The third-order valence-corrected chi connectivity index (χ3v) is 5.47. The van der Waals surface area contributed by atoms with Gasteiger partial charge in [-0.05, 0) is 57.5 Å². The van der Waals surface area contributed by atoms with E-state index in [0.29, 0.717) is 28.1 Å². The zero-order chi connectivity index (χ0) is 28.0. The van der Waals surface area contributed by atoms with Crippen molar-refractivity contribution in [3.8, 4) is 5.75 Å². The van der Waals surface area contributed by atoms with Crippen molar-refractivity contribution in [1.82, 2.24) is 5.32 Å². The van der Waals surface area contributed by atoms with Gasteiger partial charge in [0.25, 0.3) is 0 Å². The van der Waals surface area contributed by atoms with Gasteiger partial charge in [-0.25, -0.2) is 9.59 Å². The molecule has 11 heteroatoms. The molecule has 3 rings (SSSR count). The third-order valence-electron chi connectivity index (χ3n) is 5.47. The summed E-state index contributed by atoms with van der Waals surface area (Å²) in [6, 6.07) is 12.3. The number of hydrogen-bond donors (Lipinski definition) is 3. The highest BCUT2D eigenvalue weighted by Crippen LogP contribution is 2.34. The van der Waals surface area contributed by atoms with E-state index < -0.39 is 35.2 Å². The van der Waals surface area contributed by atoms with Crippen molar-refractivity contribution in [3.63, 3.8) is 0 Å². The minimum Gasteiger partial charge on any atom is -0.495 e. The quantitative estimate of drug-likeness (QED) is 0.348. The summed E-state index contributed by atoms with van der Waals surface area (Å²) >= 11 is 0. The molecule has 0 bridgehead atoms. The molecule has 1 unspecified atom stereocenters. The van der Waals surface area contributed by atoms with Gasteiger partial charge in [-0.15, -0.1) is 0 Å². The maximum absolute atomic E-state index is 13.2. The number of alkyl carbamates (subject to hydrolysis) is 1. The smallest absolute Gasteiger partial charge is 0.408 e. The molecule has 0 saturated carbocycles. The number of benzene rings is 2. The Hall–Kier alpha value is -4.54. The number of hydrogen-bond acceptors (Lipinski definition) is 8. The summed E-state index contributed by atoms with van der Waals surface area (Å²) in [5, 5.41) is 15.0. The Morgan fingerprint density at radius 3 is 2.47 bits per heavy atom. The Bertz CT molecular complexity index is 1390. The first-order chi connectivity index (χ1) is 17.9. The van der Waals surface area contributed by atoms with Crippen molar-refractivity contribution < 1.29 is 33.4 Å². The topological polar surface area (TPSA) is 147 Å². The Morgan fingerprint density at radius 1 is 1.11 bits per heavy atom. The van der Waals surface area contributed by atoms with Crippen LogP contribution >= 0.6 is 0 Å². The highest BCUT2D eigenvalue weighted by molar-refractivity contribution is 5.99. The summed E-state index contributed by atoms with van der Waals surface area (Å²) in [6.45, 7) is 5.02. The molecule has 38 heavy (non-hydrogen) atoms. The van der Waals surface area contributed by atoms with Gasteiger partial charge in [0.1, 0.15) is 23.0 Å². The normalized spacial score (nSPS) is 11.9. The number of fused-ring (bicyclic) bond motifs is 1. The number of nitrogens with zero attached hydrogens (tertiary/aromatic N) is 1. The van der Waals surface area contributed by atoms with Crippen LogP contribution in [0.3, 0.4) is 0 Å². The van der Waals surface area contributed by atoms with Crippen molar-refractivity contribution >= 4 is 46.0 Å². The molecule has 1 aromatic heterocycles. The van der Waals surface area contributed by atoms with Gasteiger partial charge in [0, 0.05) is 30.6 Å². The summed E-state index contributed by atoms with van der Waals surface area (Å²) in [5.41, 5.74) is 0.587. The fourth-order valence-corrected chi connectivity index (χ4v) is 3.72. The first kappa shape index (κ1) is 28.0. The number of aliphatic carboxylic acids is 1. The molecule has 202 valence electrons. The maximum Gasteiger partial charge on any atom is 0.408 e. The number of para-hydroxylation sites is 1. The second-order valence-electron chi connectivity index (χ2n) is 9.51. The van der Waals surface area contributed by atoms with Gasteiger partial charge in [-0.3, -0.25) is 9.59 Å². The molecule has 11 nitrogen and oxygen atoms in total. The van der Waals surface area contributed by atoms with Crippen LogP contribution in [0.15, 0.2) is 57.7 Å². The second kappa shape index (κ2) is 11.7. The van der Waals surface area contributed by atoms with Gasteiger partial charge in [0.05, 0.1) is 18.5 Å². The molecule has 3 N–H and O–H groups in total. The van der Waals surface area contributed by atoms with E-state index in [1.54, 1.807) is 63.1 Å². The summed E-state index contributed by atoms with van der Waals surface area (Å²) < 4.78 is 15.9. The van der Waals surface area contributed by atoms with Gasteiger partial charge in [-0.1, -0.05) is 12.1 Å². The van der Waals surface area contributed by atoms with Crippen molar-refractivity contribution in [3.05, 3.63) is 59.0 Å². The molecule has 0 aliphatic rings. The number of carboxylic acid groups (broad SMARTS) is 1. The maximum atomic E-state index is 13.2. The van der Waals surface area contributed by atoms with Crippen LogP contribution in [0.2, 0.25) is 0 Å².